The Balaban J connectivity index is 2.07. The highest BCUT2D eigenvalue weighted by molar-refractivity contribution is 6.32. The second kappa shape index (κ2) is 5.93. The van der Waals surface area contributed by atoms with Crippen molar-refractivity contribution in [3.05, 3.63) is 47.4 Å². The molecule has 1 aromatic carbocycles. The predicted octanol–water partition coefficient (Wildman–Crippen LogP) is 4.71. The van der Waals surface area contributed by atoms with Gasteiger partial charge in [0, 0.05) is 11.3 Å². The number of anilines is 1. The summed E-state index contributed by atoms with van der Waals surface area (Å²) in [5.41, 5.74) is 1.68. The second-order valence-electron chi connectivity index (χ2n) is 3.95. The predicted molar refractivity (Wildman–Crippen MR) is 68.8 cm³/mol. The Morgan fingerprint density at radius 3 is 2.68 bits per heavy atom. The third-order valence-corrected chi connectivity index (χ3v) is 2.87. The van der Waals surface area contributed by atoms with E-state index in [4.69, 9.17) is 16.0 Å². The van der Waals surface area contributed by atoms with Crippen molar-refractivity contribution < 1.29 is 17.9 Å². The maximum absolute atomic E-state index is 12.1. The first-order valence-corrected chi connectivity index (χ1v) is 5.97. The van der Waals surface area contributed by atoms with Gasteiger partial charge in [0.1, 0.15) is 5.75 Å². The fraction of sp³-hybridized carbons (Fsp3) is 0.231. The SMILES string of the molecule is CC(Nc1ccc(OC(F)F)c(Cl)c1)c1ccoc1. The Kier molecular flexibility index (Phi) is 4.27. The van der Waals surface area contributed by atoms with Crippen LogP contribution in [0.5, 0.6) is 5.75 Å². The van der Waals surface area contributed by atoms with Crippen molar-refractivity contribution in [2.24, 2.45) is 0 Å². The summed E-state index contributed by atoms with van der Waals surface area (Å²) in [6, 6.07) is 6.42. The molecule has 0 aliphatic heterocycles. The molecule has 6 heteroatoms. The van der Waals surface area contributed by atoms with Crippen LogP contribution >= 0.6 is 11.6 Å². The van der Waals surface area contributed by atoms with Gasteiger partial charge in [-0.25, -0.2) is 0 Å². The number of benzene rings is 1. The van der Waals surface area contributed by atoms with E-state index in [-0.39, 0.29) is 16.8 Å². The molecule has 1 heterocycles. The molecular weight excluding hydrogens is 276 g/mol. The van der Waals surface area contributed by atoms with Gasteiger partial charge >= 0.3 is 6.61 Å². The minimum absolute atomic E-state index is 0.0108. The molecule has 1 atom stereocenters. The van der Waals surface area contributed by atoms with Gasteiger partial charge < -0.3 is 14.5 Å². The number of furan rings is 1. The van der Waals surface area contributed by atoms with Crippen LogP contribution in [0, 0.1) is 0 Å². The van der Waals surface area contributed by atoms with Gasteiger partial charge in [0.05, 0.1) is 23.6 Å². The van der Waals surface area contributed by atoms with Gasteiger partial charge in [0.15, 0.2) is 0 Å². The average molecular weight is 288 g/mol. The molecule has 2 rings (SSSR count). The van der Waals surface area contributed by atoms with E-state index in [2.05, 4.69) is 10.1 Å². The normalized spacial score (nSPS) is 12.5. The quantitative estimate of drug-likeness (QED) is 0.865. The molecule has 0 spiro atoms. The molecule has 0 radical (unpaired) electrons. The van der Waals surface area contributed by atoms with E-state index in [1.165, 1.54) is 12.1 Å². The minimum Gasteiger partial charge on any atom is -0.472 e. The maximum Gasteiger partial charge on any atom is 0.387 e. The lowest BCUT2D eigenvalue weighted by Gasteiger charge is -2.15. The van der Waals surface area contributed by atoms with E-state index in [0.717, 1.165) is 5.56 Å². The van der Waals surface area contributed by atoms with Crippen molar-refractivity contribution in [1.82, 2.24) is 0 Å². The first-order valence-electron chi connectivity index (χ1n) is 5.59. The van der Waals surface area contributed by atoms with Gasteiger partial charge in [-0.1, -0.05) is 11.6 Å². The average Bonchev–Trinajstić information content (AvgIpc) is 2.86. The van der Waals surface area contributed by atoms with Crippen LogP contribution in [0.25, 0.3) is 0 Å². The smallest absolute Gasteiger partial charge is 0.387 e. The lowest BCUT2D eigenvalue weighted by atomic mass is 10.1. The maximum atomic E-state index is 12.1. The lowest BCUT2D eigenvalue weighted by molar-refractivity contribution is -0.0497. The zero-order valence-corrected chi connectivity index (χ0v) is 10.8. The minimum atomic E-state index is -2.89. The van der Waals surface area contributed by atoms with Crippen molar-refractivity contribution in [2.75, 3.05) is 5.32 Å². The third kappa shape index (κ3) is 3.61. The molecule has 2 aromatic rings. The summed E-state index contributed by atoms with van der Waals surface area (Å²) >= 11 is 5.86. The van der Waals surface area contributed by atoms with Crippen LogP contribution in [0.15, 0.2) is 41.2 Å². The van der Waals surface area contributed by atoms with Crippen molar-refractivity contribution >= 4 is 17.3 Å². The van der Waals surface area contributed by atoms with Gasteiger partial charge in [-0.3, -0.25) is 0 Å². The van der Waals surface area contributed by atoms with Gasteiger partial charge in [-0.15, -0.1) is 0 Å². The molecule has 19 heavy (non-hydrogen) atoms. The van der Waals surface area contributed by atoms with Crippen molar-refractivity contribution in [3.8, 4) is 5.75 Å². The Morgan fingerprint density at radius 2 is 2.11 bits per heavy atom. The summed E-state index contributed by atoms with van der Waals surface area (Å²) in [7, 11) is 0. The van der Waals surface area contributed by atoms with Crippen molar-refractivity contribution in [2.45, 2.75) is 19.6 Å². The van der Waals surface area contributed by atoms with Gasteiger partial charge in [-0.05, 0) is 31.2 Å². The number of nitrogens with one attached hydrogen (secondary N) is 1. The van der Waals surface area contributed by atoms with E-state index in [9.17, 15) is 8.78 Å². The Labute approximate surface area is 114 Å². The van der Waals surface area contributed by atoms with Crippen LogP contribution in [-0.4, -0.2) is 6.61 Å². The zero-order chi connectivity index (χ0) is 13.8. The first-order chi connectivity index (χ1) is 9.06. The van der Waals surface area contributed by atoms with Crippen LogP contribution < -0.4 is 10.1 Å². The number of hydrogen-bond donors (Lipinski definition) is 1. The highest BCUT2D eigenvalue weighted by Crippen LogP contribution is 2.30. The summed E-state index contributed by atoms with van der Waals surface area (Å²) in [6.07, 6.45) is 3.22. The molecule has 0 amide bonds. The Hall–Kier alpha value is -1.75. The monoisotopic (exact) mass is 287 g/mol. The molecule has 0 aliphatic rings. The number of hydrogen-bond acceptors (Lipinski definition) is 3. The third-order valence-electron chi connectivity index (χ3n) is 2.57. The second-order valence-corrected chi connectivity index (χ2v) is 4.35. The van der Waals surface area contributed by atoms with Crippen LogP contribution in [0.3, 0.4) is 0 Å². The fourth-order valence-electron chi connectivity index (χ4n) is 1.64. The number of alkyl halides is 2. The highest BCUT2D eigenvalue weighted by atomic mass is 35.5. The Morgan fingerprint density at radius 1 is 1.32 bits per heavy atom. The molecular formula is C13H12ClF2NO2. The number of ether oxygens (including phenoxy) is 1. The molecule has 0 fully saturated rings. The molecule has 1 N–H and O–H groups in total. The van der Waals surface area contributed by atoms with E-state index < -0.39 is 6.61 Å². The summed E-state index contributed by atoms with van der Waals surface area (Å²) in [5.74, 6) is -0.0434. The van der Waals surface area contributed by atoms with Crippen LogP contribution in [0.2, 0.25) is 5.02 Å². The van der Waals surface area contributed by atoms with Crippen molar-refractivity contribution in [3.63, 3.8) is 0 Å². The summed E-state index contributed by atoms with van der Waals surface area (Å²) in [6.45, 7) is -0.941. The molecule has 1 unspecified atom stereocenters. The molecule has 3 nitrogen and oxygen atoms in total. The molecule has 0 saturated carbocycles. The topological polar surface area (TPSA) is 34.4 Å². The van der Waals surface area contributed by atoms with E-state index in [1.807, 2.05) is 13.0 Å². The fourth-order valence-corrected chi connectivity index (χ4v) is 1.86. The summed E-state index contributed by atoms with van der Waals surface area (Å²) in [5, 5.41) is 3.31. The number of halogens is 3. The summed E-state index contributed by atoms with van der Waals surface area (Å²) < 4.78 is 33.4. The van der Waals surface area contributed by atoms with Gasteiger partial charge in [0.25, 0.3) is 0 Å². The van der Waals surface area contributed by atoms with E-state index in [1.54, 1.807) is 18.6 Å². The van der Waals surface area contributed by atoms with E-state index in [0.29, 0.717) is 5.69 Å². The van der Waals surface area contributed by atoms with Gasteiger partial charge in [-0.2, -0.15) is 8.78 Å². The van der Waals surface area contributed by atoms with Gasteiger partial charge in [0.2, 0.25) is 0 Å². The molecule has 0 saturated heterocycles. The first kappa shape index (κ1) is 13.7. The zero-order valence-electron chi connectivity index (χ0n) is 10.1. The highest BCUT2D eigenvalue weighted by Gasteiger charge is 2.11. The summed E-state index contributed by atoms with van der Waals surface area (Å²) in [4.78, 5) is 0. The number of rotatable bonds is 5. The molecule has 1 aromatic heterocycles. The lowest BCUT2D eigenvalue weighted by Crippen LogP contribution is -2.06. The van der Waals surface area contributed by atoms with E-state index >= 15 is 0 Å². The standard InChI is InChI=1S/C13H12ClF2NO2/c1-8(9-4-5-18-7-9)17-10-2-3-12(11(14)6-10)19-13(15)16/h2-8,13,17H,1H3. The van der Waals surface area contributed by atoms with Crippen LogP contribution in [-0.2, 0) is 0 Å². The van der Waals surface area contributed by atoms with Crippen molar-refractivity contribution in [1.29, 1.82) is 0 Å². The largest absolute Gasteiger partial charge is 0.472 e. The molecule has 102 valence electrons. The molecule has 0 aliphatic carbocycles. The van der Waals surface area contributed by atoms with Crippen LogP contribution in [0.1, 0.15) is 18.5 Å². The van der Waals surface area contributed by atoms with Crippen LogP contribution in [0.4, 0.5) is 14.5 Å². The Bertz CT molecular complexity index is 531. The molecule has 0 bridgehead atoms.